The lowest BCUT2D eigenvalue weighted by Crippen LogP contribution is -2.33. The van der Waals surface area contributed by atoms with Crippen molar-refractivity contribution in [2.75, 3.05) is 0 Å². The molecule has 2 aromatic heterocycles. The van der Waals surface area contributed by atoms with E-state index in [-0.39, 0.29) is 22.6 Å². The topological polar surface area (TPSA) is 81.7 Å². The van der Waals surface area contributed by atoms with Crippen molar-refractivity contribution in [2.45, 2.75) is 59.1 Å². The van der Waals surface area contributed by atoms with Crippen molar-refractivity contribution in [1.82, 2.24) is 4.57 Å². The SMILES string of the molecule is CC1(C)Cc2c3c(cc(-c4ccoc4)c2O1)-c1cc(=O)c(C(=O)O)cn1[C@H](C(C)(C)C)C3. The number of pyridine rings is 1. The number of nitrogens with zero attached hydrogens (tertiary/aromatic N) is 1. The lowest BCUT2D eigenvalue weighted by molar-refractivity contribution is 0.0693. The summed E-state index contributed by atoms with van der Waals surface area (Å²) in [4.78, 5) is 24.4. The van der Waals surface area contributed by atoms with Gasteiger partial charge in [0.2, 0.25) is 0 Å². The van der Waals surface area contributed by atoms with Gasteiger partial charge in [0.15, 0.2) is 5.43 Å². The maximum absolute atomic E-state index is 12.7. The molecule has 0 fully saturated rings. The van der Waals surface area contributed by atoms with Crippen molar-refractivity contribution in [2.24, 2.45) is 5.41 Å². The Bertz CT molecular complexity index is 1310. The molecule has 1 N–H and O–H groups in total. The molecule has 2 aliphatic rings. The fraction of sp³-hybridized carbons (Fsp3) is 0.385. The lowest BCUT2D eigenvalue weighted by Gasteiger charge is -2.39. The second-order valence-corrected chi connectivity index (χ2v) is 10.5. The summed E-state index contributed by atoms with van der Waals surface area (Å²) >= 11 is 0. The summed E-state index contributed by atoms with van der Waals surface area (Å²) in [6.45, 7) is 10.6. The van der Waals surface area contributed by atoms with E-state index in [0.717, 1.165) is 41.0 Å². The number of hydrogen-bond acceptors (Lipinski definition) is 4. The summed E-state index contributed by atoms with van der Waals surface area (Å²) in [5.74, 6) is -0.326. The smallest absolute Gasteiger partial charge is 0.341 e. The Kier molecular flexibility index (Phi) is 4.26. The first-order valence-corrected chi connectivity index (χ1v) is 10.9. The normalized spacial score (nSPS) is 18.5. The lowest BCUT2D eigenvalue weighted by atomic mass is 9.76. The predicted molar refractivity (Wildman–Crippen MR) is 121 cm³/mol. The van der Waals surface area contributed by atoms with Crippen molar-refractivity contribution >= 4 is 5.97 Å². The van der Waals surface area contributed by atoms with Crippen LogP contribution in [-0.4, -0.2) is 21.2 Å². The van der Waals surface area contributed by atoms with E-state index in [1.54, 1.807) is 12.5 Å². The van der Waals surface area contributed by atoms with Crippen LogP contribution in [0.15, 0.2) is 46.1 Å². The number of carboxylic acid groups (broad SMARTS) is 1. The summed E-state index contributed by atoms with van der Waals surface area (Å²) in [7, 11) is 0. The summed E-state index contributed by atoms with van der Waals surface area (Å²) in [5, 5.41) is 9.56. The van der Waals surface area contributed by atoms with E-state index in [4.69, 9.17) is 9.15 Å². The molecule has 0 radical (unpaired) electrons. The molecule has 6 nitrogen and oxygen atoms in total. The van der Waals surface area contributed by atoms with E-state index in [2.05, 4.69) is 40.7 Å². The van der Waals surface area contributed by atoms with Crippen molar-refractivity contribution in [3.05, 3.63) is 63.8 Å². The molecule has 0 aliphatic carbocycles. The van der Waals surface area contributed by atoms with Crippen LogP contribution >= 0.6 is 0 Å². The molecule has 32 heavy (non-hydrogen) atoms. The number of benzene rings is 1. The van der Waals surface area contributed by atoms with E-state index >= 15 is 0 Å². The molecule has 4 heterocycles. The summed E-state index contributed by atoms with van der Waals surface area (Å²) in [6.07, 6.45) is 6.35. The molecule has 0 amide bonds. The Morgan fingerprint density at radius 2 is 1.94 bits per heavy atom. The first kappa shape index (κ1) is 20.6. The molecule has 0 unspecified atom stereocenters. The Hall–Kier alpha value is -3.28. The Morgan fingerprint density at radius 3 is 2.56 bits per heavy atom. The van der Waals surface area contributed by atoms with Crippen molar-refractivity contribution in [1.29, 1.82) is 0 Å². The van der Waals surface area contributed by atoms with E-state index in [9.17, 15) is 14.7 Å². The van der Waals surface area contributed by atoms with Crippen LogP contribution < -0.4 is 10.2 Å². The maximum atomic E-state index is 12.7. The molecule has 1 atom stereocenters. The fourth-order valence-corrected chi connectivity index (χ4v) is 5.09. The number of aromatic nitrogens is 1. The highest BCUT2D eigenvalue weighted by atomic mass is 16.5. The predicted octanol–water partition coefficient (Wildman–Crippen LogP) is 5.33. The standard InChI is InChI=1S/C26H27NO5/c1-25(2,3)22-9-16-17(20-10-21(28)19(24(29)30)12-27(20)22)8-15(14-6-7-31-13-14)23-18(16)11-26(4,5)32-23/h6-8,10,12-13,22H,9,11H2,1-5H3,(H,29,30)/t22-/m0/s1. The van der Waals surface area contributed by atoms with Gasteiger partial charge in [0, 0.05) is 47.0 Å². The van der Waals surface area contributed by atoms with Gasteiger partial charge in [-0.2, -0.15) is 0 Å². The average Bonchev–Trinajstić information content (AvgIpc) is 3.32. The van der Waals surface area contributed by atoms with E-state index < -0.39 is 11.4 Å². The number of rotatable bonds is 2. The van der Waals surface area contributed by atoms with Gasteiger partial charge >= 0.3 is 5.97 Å². The number of hydrogen-bond donors (Lipinski definition) is 1. The van der Waals surface area contributed by atoms with Crippen molar-refractivity contribution in [3.8, 4) is 28.1 Å². The molecule has 3 aromatic rings. The molecular weight excluding hydrogens is 406 g/mol. The number of ether oxygens (including phenoxy) is 1. The molecule has 0 saturated heterocycles. The minimum Gasteiger partial charge on any atom is -0.487 e. The molecule has 0 bridgehead atoms. The van der Waals surface area contributed by atoms with Crippen molar-refractivity contribution < 1.29 is 19.1 Å². The number of furan rings is 1. The Labute approximate surface area is 186 Å². The third-order valence-electron chi connectivity index (χ3n) is 6.63. The number of aromatic carboxylic acids is 1. The third kappa shape index (κ3) is 3.08. The molecule has 2 aliphatic heterocycles. The first-order chi connectivity index (χ1) is 15.0. The zero-order chi connectivity index (χ0) is 23.0. The van der Waals surface area contributed by atoms with Crippen LogP contribution in [-0.2, 0) is 12.8 Å². The fourth-order valence-electron chi connectivity index (χ4n) is 5.09. The first-order valence-electron chi connectivity index (χ1n) is 10.9. The molecule has 1 aromatic carbocycles. The second kappa shape index (κ2) is 6.61. The van der Waals surface area contributed by atoms with E-state index in [1.165, 1.54) is 23.4 Å². The molecule has 0 saturated carbocycles. The average molecular weight is 434 g/mol. The zero-order valence-electron chi connectivity index (χ0n) is 19.0. The van der Waals surface area contributed by atoms with Gasteiger partial charge in [-0.15, -0.1) is 0 Å². The number of fused-ring (bicyclic) bond motifs is 5. The largest absolute Gasteiger partial charge is 0.487 e. The quantitative estimate of drug-likeness (QED) is 0.591. The second-order valence-electron chi connectivity index (χ2n) is 10.5. The number of carbonyl (C=O) groups is 1. The minimum absolute atomic E-state index is 0.00344. The highest BCUT2D eigenvalue weighted by Gasteiger charge is 2.40. The van der Waals surface area contributed by atoms with Gasteiger partial charge in [0.05, 0.1) is 18.2 Å². The van der Waals surface area contributed by atoms with Gasteiger partial charge in [-0.25, -0.2) is 4.79 Å². The van der Waals surface area contributed by atoms with Gasteiger partial charge in [-0.05, 0) is 43.4 Å². The van der Waals surface area contributed by atoms with Crippen LogP contribution in [0.4, 0.5) is 0 Å². The van der Waals surface area contributed by atoms with Crippen molar-refractivity contribution in [3.63, 3.8) is 0 Å². The van der Waals surface area contributed by atoms with Gasteiger partial charge in [0.1, 0.15) is 16.9 Å². The van der Waals surface area contributed by atoms with Gasteiger partial charge in [-0.1, -0.05) is 20.8 Å². The number of carboxylic acids is 1. The minimum atomic E-state index is -1.20. The van der Waals surface area contributed by atoms with Crippen LogP contribution in [0.1, 0.15) is 62.1 Å². The van der Waals surface area contributed by atoms with Gasteiger partial charge < -0.3 is 18.8 Å². The highest BCUT2D eigenvalue weighted by Crippen LogP contribution is 2.51. The zero-order valence-corrected chi connectivity index (χ0v) is 19.0. The Balaban J connectivity index is 1.85. The third-order valence-corrected chi connectivity index (χ3v) is 6.63. The van der Waals surface area contributed by atoms with Gasteiger partial charge in [0.25, 0.3) is 0 Å². The molecule has 0 spiro atoms. The van der Waals surface area contributed by atoms with Crippen LogP contribution in [0.5, 0.6) is 5.75 Å². The van der Waals surface area contributed by atoms with Gasteiger partial charge in [-0.3, -0.25) is 4.79 Å². The van der Waals surface area contributed by atoms with Crippen LogP contribution in [0.3, 0.4) is 0 Å². The van der Waals surface area contributed by atoms with Crippen LogP contribution in [0, 0.1) is 5.41 Å². The highest BCUT2D eigenvalue weighted by molar-refractivity contribution is 5.88. The molecular formula is C26H27NO5. The molecule has 5 rings (SSSR count). The maximum Gasteiger partial charge on any atom is 0.341 e. The summed E-state index contributed by atoms with van der Waals surface area (Å²) < 4.78 is 13.7. The molecule has 166 valence electrons. The van der Waals surface area contributed by atoms with Crippen LogP contribution in [0.2, 0.25) is 0 Å². The van der Waals surface area contributed by atoms with E-state index in [0.29, 0.717) is 0 Å². The van der Waals surface area contributed by atoms with E-state index in [1.807, 2.05) is 10.6 Å². The van der Waals surface area contributed by atoms with Crippen LogP contribution in [0.25, 0.3) is 22.4 Å². The molecule has 6 heteroatoms. The summed E-state index contributed by atoms with van der Waals surface area (Å²) in [6, 6.07) is 5.44. The summed E-state index contributed by atoms with van der Waals surface area (Å²) in [5.41, 5.74) is 4.72. The monoisotopic (exact) mass is 433 g/mol. The Morgan fingerprint density at radius 1 is 1.19 bits per heavy atom.